The molecule has 4 heteroatoms. The molecule has 0 spiro atoms. The zero-order valence-corrected chi connectivity index (χ0v) is 7.66. The van der Waals surface area contributed by atoms with E-state index in [-0.39, 0.29) is 5.60 Å². The highest BCUT2D eigenvalue weighted by Crippen LogP contribution is 2.20. The zero-order valence-electron chi connectivity index (χ0n) is 7.66. The van der Waals surface area contributed by atoms with Crippen molar-refractivity contribution in [1.82, 2.24) is 15.1 Å². The van der Waals surface area contributed by atoms with Gasteiger partial charge >= 0.3 is 0 Å². The molecule has 0 unspecified atom stereocenters. The van der Waals surface area contributed by atoms with Crippen molar-refractivity contribution in [2.24, 2.45) is 0 Å². The molecule has 70 valence electrons. The Morgan fingerprint density at radius 1 is 1.77 bits per heavy atom. The SMILES string of the molecule is C=Cn1cc(OC2(C)CNC2)cn1. The summed E-state index contributed by atoms with van der Waals surface area (Å²) in [6.07, 6.45) is 5.15. The van der Waals surface area contributed by atoms with Crippen molar-refractivity contribution < 1.29 is 4.74 Å². The van der Waals surface area contributed by atoms with Gasteiger partial charge in [0.15, 0.2) is 5.75 Å². The fraction of sp³-hybridized carbons (Fsp3) is 0.444. The quantitative estimate of drug-likeness (QED) is 0.743. The molecule has 0 bridgehead atoms. The molecular formula is C9H13N3O. The summed E-state index contributed by atoms with van der Waals surface area (Å²) in [6, 6.07) is 0. The van der Waals surface area contributed by atoms with Gasteiger partial charge < -0.3 is 10.1 Å². The van der Waals surface area contributed by atoms with Crippen LogP contribution in [-0.4, -0.2) is 28.5 Å². The molecule has 0 amide bonds. The summed E-state index contributed by atoms with van der Waals surface area (Å²) in [5, 5.41) is 7.20. The maximum absolute atomic E-state index is 5.73. The Labute approximate surface area is 77.2 Å². The highest BCUT2D eigenvalue weighted by Gasteiger charge is 2.34. The molecule has 2 heterocycles. The van der Waals surface area contributed by atoms with Crippen LogP contribution in [0.1, 0.15) is 6.92 Å². The fourth-order valence-corrected chi connectivity index (χ4v) is 1.31. The second-order valence-electron chi connectivity index (χ2n) is 3.49. The number of rotatable bonds is 3. The van der Waals surface area contributed by atoms with Crippen LogP contribution in [0, 0.1) is 0 Å². The zero-order chi connectivity index (χ0) is 9.31. The molecule has 1 aromatic rings. The Morgan fingerprint density at radius 2 is 2.54 bits per heavy atom. The van der Waals surface area contributed by atoms with Gasteiger partial charge in [-0.3, -0.25) is 0 Å². The van der Waals surface area contributed by atoms with E-state index in [9.17, 15) is 0 Å². The van der Waals surface area contributed by atoms with Crippen molar-refractivity contribution in [3.63, 3.8) is 0 Å². The largest absolute Gasteiger partial charge is 0.482 e. The van der Waals surface area contributed by atoms with Crippen LogP contribution in [-0.2, 0) is 0 Å². The highest BCUT2D eigenvalue weighted by atomic mass is 16.5. The van der Waals surface area contributed by atoms with E-state index < -0.39 is 0 Å². The van der Waals surface area contributed by atoms with Crippen molar-refractivity contribution in [3.05, 3.63) is 19.0 Å². The van der Waals surface area contributed by atoms with Crippen molar-refractivity contribution in [2.45, 2.75) is 12.5 Å². The molecule has 0 saturated carbocycles. The lowest BCUT2D eigenvalue weighted by atomic mass is 10.0. The average molecular weight is 179 g/mol. The van der Waals surface area contributed by atoms with Crippen LogP contribution in [0.25, 0.3) is 6.20 Å². The lowest BCUT2D eigenvalue weighted by Gasteiger charge is -2.38. The molecule has 1 aliphatic heterocycles. The van der Waals surface area contributed by atoms with E-state index in [4.69, 9.17) is 4.74 Å². The Balaban J connectivity index is 2.04. The minimum Gasteiger partial charge on any atom is -0.482 e. The summed E-state index contributed by atoms with van der Waals surface area (Å²) in [5.74, 6) is 0.795. The summed E-state index contributed by atoms with van der Waals surface area (Å²) in [7, 11) is 0. The van der Waals surface area contributed by atoms with Crippen molar-refractivity contribution in [2.75, 3.05) is 13.1 Å². The molecule has 0 aromatic carbocycles. The molecule has 1 saturated heterocycles. The maximum Gasteiger partial charge on any atom is 0.158 e. The monoisotopic (exact) mass is 179 g/mol. The van der Waals surface area contributed by atoms with Crippen molar-refractivity contribution >= 4 is 6.20 Å². The molecule has 1 aliphatic rings. The average Bonchev–Trinajstić information content (AvgIpc) is 2.49. The molecule has 1 aromatic heterocycles. The summed E-state index contributed by atoms with van der Waals surface area (Å²) < 4.78 is 7.36. The van der Waals surface area contributed by atoms with Gasteiger partial charge in [0.05, 0.1) is 12.4 Å². The van der Waals surface area contributed by atoms with Crippen LogP contribution in [0.4, 0.5) is 0 Å². The van der Waals surface area contributed by atoms with E-state index in [1.165, 1.54) is 0 Å². The van der Waals surface area contributed by atoms with Crippen molar-refractivity contribution in [1.29, 1.82) is 0 Å². The topological polar surface area (TPSA) is 39.1 Å². The first-order valence-electron chi connectivity index (χ1n) is 4.28. The van der Waals surface area contributed by atoms with E-state index >= 15 is 0 Å². The van der Waals surface area contributed by atoms with Gasteiger partial charge in [-0.2, -0.15) is 5.10 Å². The summed E-state index contributed by atoms with van der Waals surface area (Å²) in [6.45, 7) is 7.48. The first-order chi connectivity index (χ1) is 6.22. The molecule has 13 heavy (non-hydrogen) atoms. The van der Waals surface area contributed by atoms with Crippen LogP contribution >= 0.6 is 0 Å². The molecular weight excluding hydrogens is 166 g/mol. The first-order valence-corrected chi connectivity index (χ1v) is 4.28. The molecule has 4 nitrogen and oxygen atoms in total. The Hall–Kier alpha value is -1.29. The third-order valence-corrected chi connectivity index (χ3v) is 2.13. The fourth-order valence-electron chi connectivity index (χ4n) is 1.31. The summed E-state index contributed by atoms with van der Waals surface area (Å²) in [4.78, 5) is 0. The van der Waals surface area contributed by atoms with Gasteiger partial charge in [-0.05, 0) is 6.92 Å². The van der Waals surface area contributed by atoms with E-state index in [0.29, 0.717) is 0 Å². The van der Waals surface area contributed by atoms with Gasteiger partial charge in [0.2, 0.25) is 0 Å². The van der Waals surface area contributed by atoms with Crippen molar-refractivity contribution in [3.8, 4) is 5.75 Å². The van der Waals surface area contributed by atoms with Gasteiger partial charge in [0.25, 0.3) is 0 Å². The van der Waals surface area contributed by atoms with E-state index in [2.05, 4.69) is 23.9 Å². The van der Waals surface area contributed by atoms with Crippen LogP contribution in [0.15, 0.2) is 19.0 Å². The standard InChI is InChI=1S/C9H13N3O/c1-3-12-5-8(4-11-12)13-9(2)6-10-7-9/h3-5,10H,1,6-7H2,2H3. The minimum absolute atomic E-state index is 0.0605. The highest BCUT2D eigenvalue weighted by molar-refractivity contribution is 5.22. The molecule has 0 aliphatic carbocycles. The molecule has 0 radical (unpaired) electrons. The lowest BCUT2D eigenvalue weighted by molar-refractivity contribution is 0.0348. The van der Waals surface area contributed by atoms with Gasteiger partial charge in [-0.25, -0.2) is 4.68 Å². The lowest BCUT2D eigenvalue weighted by Crippen LogP contribution is -2.60. The van der Waals surface area contributed by atoms with Gasteiger partial charge in [-0.15, -0.1) is 0 Å². The molecule has 1 fully saturated rings. The van der Waals surface area contributed by atoms with Gasteiger partial charge in [-0.1, -0.05) is 6.58 Å². The predicted molar refractivity (Wildman–Crippen MR) is 50.5 cm³/mol. The van der Waals surface area contributed by atoms with E-state index in [0.717, 1.165) is 18.8 Å². The second kappa shape index (κ2) is 2.88. The smallest absolute Gasteiger partial charge is 0.158 e. The predicted octanol–water partition coefficient (Wildman–Crippen LogP) is 0.724. The van der Waals surface area contributed by atoms with E-state index in [1.807, 2.05) is 6.20 Å². The van der Waals surface area contributed by atoms with Crippen LogP contribution in [0.3, 0.4) is 0 Å². The number of nitrogens with one attached hydrogen (secondary N) is 1. The van der Waals surface area contributed by atoms with E-state index in [1.54, 1.807) is 17.1 Å². The maximum atomic E-state index is 5.73. The van der Waals surface area contributed by atoms with Gasteiger partial charge in [0, 0.05) is 19.3 Å². The Kier molecular flexibility index (Phi) is 1.84. The van der Waals surface area contributed by atoms with Crippen LogP contribution < -0.4 is 10.1 Å². The summed E-state index contributed by atoms with van der Waals surface area (Å²) in [5.41, 5.74) is -0.0605. The Morgan fingerprint density at radius 3 is 3.00 bits per heavy atom. The third kappa shape index (κ3) is 1.58. The normalized spacial score (nSPS) is 19.2. The van der Waals surface area contributed by atoms with Gasteiger partial charge in [0.1, 0.15) is 5.60 Å². The third-order valence-electron chi connectivity index (χ3n) is 2.13. The van der Waals surface area contributed by atoms with Crippen LogP contribution in [0.5, 0.6) is 5.75 Å². The van der Waals surface area contributed by atoms with Crippen LogP contribution in [0.2, 0.25) is 0 Å². The number of hydrogen-bond donors (Lipinski definition) is 1. The minimum atomic E-state index is -0.0605. The number of hydrogen-bond acceptors (Lipinski definition) is 3. The molecule has 0 atom stereocenters. The number of nitrogens with zero attached hydrogens (tertiary/aromatic N) is 2. The number of ether oxygens (including phenoxy) is 1. The Bertz CT molecular complexity index is 314. The second-order valence-corrected chi connectivity index (χ2v) is 3.49. The number of aromatic nitrogens is 2. The summed E-state index contributed by atoms with van der Waals surface area (Å²) >= 11 is 0. The molecule has 2 rings (SSSR count). The molecule has 1 N–H and O–H groups in total. The first kappa shape index (κ1) is 8.31.